The monoisotopic (exact) mass is 366 g/mol. The first-order valence-electron chi connectivity index (χ1n) is 6.26. The summed E-state index contributed by atoms with van der Waals surface area (Å²) in [7, 11) is -3.72. The van der Waals surface area contributed by atoms with E-state index >= 15 is 0 Å². The molecule has 112 valence electrons. The predicted molar refractivity (Wildman–Crippen MR) is 77.3 cm³/mol. The van der Waals surface area contributed by atoms with Crippen LogP contribution in [0.15, 0.2) is 21.5 Å². The molecule has 5 nitrogen and oxygen atoms in total. The molecule has 1 unspecified atom stereocenters. The van der Waals surface area contributed by atoms with Crippen molar-refractivity contribution in [3.8, 4) is 0 Å². The van der Waals surface area contributed by atoms with Gasteiger partial charge in [-0.1, -0.05) is 0 Å². The molecule has 1 aliphatic heterocycles. The number of benzene rings is 1. The van der Waals surface area contributed by atoms with Gasteiger partial charge in [0.15, 0.2) is 0 Å². The van der Waals surface area contributed by atoms with Crippen molar-refractivity contribution in [2.45, 2.75) is 30.3 Å². The lowest BCUT2D eigenvalue weighted by Crippen LogP contribution is -2.27. The minimum atomic E-state index is -3.72. The molecule has 1 saturated heterocycles. The van der Waals surface area contributed by atoms with Crippen LogP contribution in [-0.2, 0) is 14.8 Å². The molecule has 1 aromatic carbocycles. The zero-order valence-corrected chi connectivity index (χ0v) is 13.1. The molecule has 8 heteroatoms. The van der Waals surface area contributed by atoms with Crippen molar-refractivity contribution in [3.05, 3.63) is 22.4 Å². The zero-order chi connectivity index (χ0) is 14.8. The topological polar surface area (TPSA) is 81.4 Å². The van der Waals surface area contributed by atoms with E-state index in [1.54, 1.807) is 0 Å². The van der Waals surface area contributed by atoms with Gasteiger partial charge in [0.05, 0.1) is 16.7 Å². The summed E-state index contributed by atoms with van der Waals surface area (Å²) in [5.74, 6) is -0.657. The summed E-state index contributed by atoms with van der Waals surface area (Å²) in [6.45, 7) is 1.01. The number of anilines is 1. The Hall–Kier alpha value is -0.700. The lowest BCUT2D eigenvalue weighted by Gasteiger charge is -2.12. The van der Waals surface area contributed by atoms with Gasteiger partial charge in [0, 0.05) is 17.6 Å². The Bertz CT molecular complexity index is 589. The maximum Gasteiger partial charge on any atom is 0.241 e. The number of halogens is 2. The smallest absolute Gasteiger partial charge is 0.241 e. The van der Waals surface area contributed by atoms with Gasteiger partial charge in [-0.2, -0.15) is 0 Å². The van der Waals surface area contributed by atoms with Gasteiger partial charge < -0.3 is 10.5 Å². The maximum atomic E-state index is 13.2. The van der Waals surface area contributed by atoms with Gasteiger partial charge in [0.2, 0.25) is 10.0 Å². The molecular formula is C12H16BrFN2O3S. The van der Waals surface area contributed by atoms with Crippen molar-refractivity contribution in [2.24, 2.45) is 0 Å². The molecule has 3 N–H and O–H groups in total. The number of hydrogen-bond donors (Lipinski definition) is 2. The Labute approximate surface area is 125 Å². The van der Waals surface area contributed by atoms with E-state index < -0.39 is 15.8 Å². The van der Waals surface area contributed by atoms with Gasteiger partial charge in [0.1, 0.15) is 5.82 Å². The van der Waals surface area contributed by atoms with Crippen molar-refractivity contribution in [1.29, 1.82) is 0 Å². The van der Waals surface area contributed by atoms with Crippen molar-refractivity contribution in [2.75, 3.05) is 18.9 Å². The molecule has 1 aliphatic rings. The molecule has 0 aromatic heterocycles. The fourth-order valence-electron chi connectivity index (χ4n) is 2.05. The summed E-state index contributed by atoms with van der Waals surface area (Å²) < 4.78 is 45.5. The van der Waals surface area contributed by atoms with Gasteiger partial charge in [0.25, 0.3) is 0 Å². The molecule has 20 heavy (non-hydrogen) atoms. The van der Waals surface area contributed by atoms with E-state index in [1.165, 1.54) is 0 Å². The molecule has 0 radical (unpaired) electrons. The SMILES string of the molecule is Nc1cc(S(=O)(=O)NCCC2CCCO2)c(Br)cc1F. The van der Waals surface area contributed by atoms with E-state index in [2.05, 4.69) is 20.7 Å². The van der Waals surface area contributed by atoms with Gasteiger partial charge >= 0.3 is 0 Å². The quantitative estimate of drug-likeness (QED) is 0.781. The molecule has 1 aromatic rings. The normalized spacial score (nSPS) is 19.4. The van der Waals surface area contributed by atoms with Crippen LogP contribution in [0.3, 0.4) is 0 Å². The number of nitrogens with two attached hydrogens (primary N) is 1. The summed E-state index contributed by atoms with van der Waals surface area (Å²) in [6.07, 6.45) is 2.69. The van der Waals surface area contributed by atoms with Crippen LogP contribution in [0.2, 0.25) is 0 Å². The minimum Gasteiger partial charge on any atom is -0.396 e. The number of nitrogen functional groups attached to an aromatic ring is 1. The van der Waals surface area contributed by atoms with E-state index in [9.17, 15) is 12.8 Å². The number of ether oxygens (including phenoxy) is 1. The first-order valence-corrected chi connectivity index (χ1v) is 8.53. The highest BCUT2D eigenvalue weighted by molar-refractivity contribution is 9.10. The second-order valence-electron chi connectivity index (χ2n) is 4.63. The van der Waals surface area contributed by atoms with E-state index in [0.717, 1.165) is 31.6 Å². The fourth-order valence-corrected chi connectivity index (χ4v) is 4.15. The van der Waals surface area contributed by atoms with Crippen molar-refractivity contribution in [1.82, 2.24) is 4.72 Å². The molecule has 0 aliphatic carbocycles. The third-order valence-electron chi connectivity index (χ3n) is 3.12. The van der Waals surface area contributed by atoms with E-state index in [0.29, 0.717) is 6.42 Å². The Kier molecular flexibility index (Phi) is 5.00. The van der Waals surface area contributed by atoms with Crippen LogP contribution >= 0.6 is 15.9 Å². The highest BCUT2D eigenvalue weighted by Gasteiger charge is 2.21. The highest BCUT2D eigenvalue weighted by Crippen LogP contribution is 2.26. The first kappa shape index (κ1) is 15.7. The van der Waals surface area contributed by atoms with Crippen molar-refractivity contribution < 1.29 is 17.5 Å². The van der Waals surface area contributed by atoms with Crippen LogP contribution in [0.25, 0.3) is 0 Å². The van der Waals surface area contributed by atoms with Crippen molar-refractivity contribution >= 4 is 31.6 Å². The summed E-state index contributed by atoms with van der Waals surface area (Å²) in [5, 5.41) is 0. The molecule has 0 amide bonds. The number of sulfonamides is 1. The Morgan fingerprint density at radius 3 is 2.90 bits per heavy atom. The van der Waals surface area contributed by atoms with Crippen LogP contribution in [0.5, 0.6) is 0 Å². The first-order chi connectivity index (χ1) is 9.40. The van der Waals surface area contributed by atoms with E-state index in [1.807, 2.05) is 0 Å². The molecule has 2 rings (SSSR count). The highest BCUT2D eigenvalue weighted by atomic mass is 79.9. The summed E-state index contributed by atoms with van der Waals surface area (Å²) in [6, 6.07) is 2.15. The third-order valence-corrected chi connectivity index (χ3v) is 5.54. The maximum absolute atomic E-state index is 13.2. The lowest BCUT2D eigenvalue weighted by molar-refractivity contribution is 0.105. The molecule has 0 spiro atoms. The molecular weight excluding hydrogens is 351 g/mol. The van der Waals surface area contributed by atoms with Crippen LogP contribution in [0, 0.1) is 5.82 Å². The summed E-state index contributed by atoms with van der Waals surface area (Å²) >= 11 is 3.04. The summed E-state index contributed by atoms with van der Waals surface area (Å²) in [5.41, 5.74) is 5.21. The predicted octanol–water partition coefficient (Wildman–Crippen LogP) is 2.02. The minimum absolute atomic E-state index is 0.0660. The molecule has 1 fully saturated rings. The van der Waals surface area contributed by atoms with Gasteiger partial charge in [-0.05, 0) is 47.3 Å². The number of rotatable bonds is 5. The van der Waals surface area contributed by atoms with Crippen LogP contribution in [0.4, 0.5) is 10.1 Å². The second kappa shape index (κ2) is 6.38. The number of nitrogens with one attached hydrogen (secondary N) is 1. The largest absolute Gasteiger partial charge is 0.396 e. The van der Waals surface area contributed by atoms with Crippen molar-refractivity contribution in [3.63, 3.8) is 0 Å². The Balaban J connectivity index is 2.04. The Morgan fingerprint density at radius 2 is 2.25 bits per heavy atom. The lowest BCUT2D eigenvalue weighted by atomic mass is 10.2. The van der Waals surface area contributed by atoms with Crippen LogP contribution < -0.4 is 10.5 Å². The molecule has 1 atom stereocenters. The van der Waals surface area contributed by atoms with E-state index in [4.69, 9.17) is 10.5 Å². The average molecular weight is 367 g/mol. The van der Waals surface area contributed by atoms with Crippen LogP contribution in [-0.4, -0.2) is 27.7 Å². The molecule has 0 bridgehead atoms. The van der Waals surface area contributed by atoms with Gasteiger partial charge in [-0.15, -0.1) is 0 Å². The molecule has 0 saturated carbocycles. The third kappa shape index (κ3) is 3.69. The second-order valence-corrected chi connectivity index (χ2v) is 7.22. The van der Waals surface area contributed by atoms with E-state index in [-0.39, 0.29) is 27.7 Å². The van der Waals surface area contributed by atoms with Gasteiger partial charge in [-0.25, -0.2) is 17.5 Å². The fraction of sp³-hybridized carbons (Fsp3) is 0.500. The standard InChI is InChI=1S/C12H16BrFN2O3S/c13-9-6-10(14)11(15)7-12(9)20(17,18)16-4-3-8-2-1-5-19-8/h6-8,16H,1-5,15H2. The Morgan fingerprint density at radius 1 is 1.50 bits per heavy atom. The van der Waals surface area contributed by atoms with Gasteiger partial charge in [-0.3, -0.25) is 0 Å². The average Bonchev–Trinajstić information content (AvgIpc) is 2.86. The molecule has 1 heterocycles. The zero-order valence-electron chi connectivity index (χ0n) is 10.7. The number of hydrogen-bond acceptors (Lipinski definition) is 4. The summed E-state index contributed by atoms with van der Waals surface area (Å²) in [4.78, 5) is -0.0660. The van der Waals surface area contributed by atoms with Crippen LogP contribution in [0.1, 0.15) is 19.3 Å².